The van der Waals surface area contributed by atoms with Crippen molar-refractivity contribution < 1.29 is 0 Å². The van der Waals surface area contributed by atoms with E-state index in [-0.39, 0.29) is 5.69 Å². The summed E-state index contributed by atoms with van der Waals surface area (Å²) in [6.45, 7) is 0.376. The fourth-order valence-corrected chi connectivity index (χ4v) is 2.63. The zero-order valence-electron chi connectivity index (χ0n) is 12.6. The normalized spacial score (nSPS) is 10.8. The van der Waals surface area contributed by atoms with Gasteiger partial charge in [-0.15, -0.1) is 0 Å². The van der Waals surface area contributed by atoms with E-state index < -0.39 is 0 Å². The van der Waals surface area contributed by atoms with Gasteiger partial charge in [-0.25, -0.2) is 14.5 Å². The molecule has 0 saturated heterocycles. The van der Waals surface area contributed by atoms with E-state index >= 15 is 0 Å². The van der Waals surface area contributed by atoms with Crippen LogP contribution in [-0.2, 0) is 6.54 Å². The Labute approximate surface area is 136 Å². The Morgan fingerprint density at radius 1 is 1.12 bits per heavy atom. The van der Waals surface area contributed by atoms with Gasteiger partial charge in [0.2, 0.25) is 0 Å². The number of benzene rings is 1. The van der Waals surface area contributed by atoms with E-state index in [1.54, 1.807) is 23.3 Å². The summed E-state index contributed by atoms with van der Waals surface area (Å²) < 4.78 is 4.66. The van der Waals surface area contributed by atoms with Crippen molar-refractivity contribution in [1.82, 2.24) is 23.7 Å². The van der Waals surface area contributed by atoms with E-state index in [0.717, 1.165) is 11.3 Å². The van der Waals surface area contributed by atoms with Crippen molar-refractivity contribution in [2.75, 3.05) is 0 Å². The quantitative estimate of drug-likeness (QED) is 0.575. The van der Waals surface area contributed by atoms with Crippen molar-refractivity contribution in [1.29, 1.82) is 5.26 Å². The maximum Gasteiger partial charge on any atom is 0.334 e. The number of hydrogen-bond acceptors (Lipinski definition) is 4. The lowest BCUT2D eigenvalue weighted by molar-refractivity contribution is 0.712. The summed E-state index contributed by atoms with van der Waals surface area (Å²) >= 11 is 0. The average molecular weight is 316 g/mol. The molecule has 0 N–H and O–H groups in total. The van der Waals surface area contributed by atoms with Crippen molar-refractivity contribution in [2.45, 2.75) is 6.54 Å². The summed E-state index contributed by atoms with van der Waals surface area (Å²) in [7, 11) is 0. The highest BCUT2D eigenvalue weighted by molar-refractivity contribution is 5.53. The topological polar surface area (TPSA) is 80.9 Å². The molecule has 1 aromatic carbocycles. The molecule has 0 aliphatic rings. The van der Waals surface area contributed by atoms with E-state index in [1.165, 1.54) is 15.2 Å². The highest BCUT2D eigenvalue weighted by Crippen LogP contribution is 2.11. The van der Waals surface area contributed by atoms with Crippen LogP contribution >= 0.6 is 0 Å². The molecule has 0 bridgehead atoms. The van der Waals surface area contributed by atoms with Crippen molar-refractivity contribution in [3.63, 3.8) is 0 Å². The maximum absolute atomic E-state index is 12.5. The smallest absolute Gasteiger partial charge is 0.294 e. The van der Waals surface area contributed by atoms with Crippen LogP contribution in [0.15, 0.2) is 66.1 Å². The van der Waals surface area contributed by atoms with Crippen LogP contribution in [0.4, 0.5) is 0 Å². The fourth-order valence-electron chi connectivity index (χ4n) is 2.63. The van der Waals surface area contributed by atoms with Crippen LogP contribution in [0.2, 0.25) is 0 Å². The molecule has 7 nitrogen and oxygen atoms in total. The van der Waals surface area contributed by atoms with Gasteiger partial charge in [-0.3, -0.25) is 8.97 Å². The molecule has 4 rings (SSSR count). The van der Waals surface area contributed by atoms with Crippen LogP contribution in [-0.4, -0.2) is 23.7 Å². The largest absolute Gasteiger partial charge is 0.334 e. The van der Waals surface area contributed by atoms with Crippen LogP contribution in [0.25, 0.3) is 11.3 Å². The molecule has 0 amide bonds. The van der Waals surface area contributed by atoms with E-state index in [2.05, 4.69) is 16.2 Å². The van der Waals surface area contributed by atoms with Crippen molar-refractivity contribution in [2.24, 2.45) is 0 Å². The van der Waals surface area contributed by atoms with Crippen LogP contribution in [0.5, 0.6) is 0 Å². The Morgan fingerprint density at radius 3 is 2.67 bits per heavy atom. The number of aromatic nitrogens is 5. The SMILES string of the molecule is N#Cc1cn(Cc2ccc(-n3cccn3)cc2)c(=O)n2ccnc12. The molecule has 0 aliphatic carbocycles. The van der Waals surface area contributed by atoms with Crippen LogP contribution in [0.3, 0.4) is 0 Å². The molecule has 3 aromatic heterocycles. The van der Waals surface area contributed by atoms with E-state index in [4.69, 9.17) is 0 Å². The molecule has 3 heterocycles. The first-order valence-electron chi connectivity index (χ1n) is 7.32. The van der Waals surface area contributed by atoms with E-state index in [1.807, 2.05) is 36.5 Å². The minimum Gasteiger partial charge on any atom is -0.294 e. The van der Waals surface area contributed by atoms with Gasteiger partial charge < -0.3 is 0 Å². The van der Waals surface area contributed by atoms with Gasteiger partial charge in [0.25, 0.3) is 0 Å². The molecule has 0 unspecified atom stereocenters. The second-order valence-electron chi connectivity index (χ2n) is 5.30. The van der Waals surface area contributed by atoms with Gasteiger partial charge >= 0.3 is 5.69 Å². The summed E-state index contributed by atoms with van der Waals surface area (Å²) in [5, 5.41) is 13.4. The van der Waals surface area contributed by atoms with E-state index in [0.29, 0.717) is 17.8 Å². The van der Waals surface area contributed by atoms with Crippen LogP contribution < -0.4 is 5.69 Å². The van der Waals surface area contributed by atoms with Gasteiger partial charge in [0.1, 0.15) is 11.6 Å². The molecule has 0 spiro atoms. The Bertz CT molecular complexity index is 1100. The Kier molecular flexibility index (Phi) is 3.21. The number of rotatable bonds is 3. The minimum absolute atomic E-state index is 0.224. The molecule has 0 saturated carbocycles. The average Bonchev–Trinajstić information content (AvgIpc) is 3.29. The molecule has 0 atom stereocenters. The summed E-state index contributed by atoms with van der Waals surface area (Å²) in [6.07, 6.45) is 8.21. The third-order valence-corrected chi connectivity index (χ3v) is 3.80. The first-order valence-corrected chi connectivity index (χ1v) is 7.32. The van der Waals surface area contributed by atoms with Crippen LogP contribution in [0, 0.1) is 11.3 Å². The summed E-state index contributed by atoms with van der Waals surface area (Å²) in [5.74, 6) is 0. The van der Waals surface area contributed by atoms with Gasteiger partial charge in [-0.2, -0.15) is 10.4 Å². The molecule has 4 aromatic rings. The van der Waals surface area contributed by atoms with Gasteiger partial charge in [0.05, 0.1) is 12.2 Å². The molecule has 0 radical (unpaired) electrons. The van der Waals surface area contributed by atoms with Crippen molar-refractivity contribution in [3.8, 4) is 11.8 Å². The fraction of sp³-hybridized carbons (Fsp3) is 0.0588. The molecular weight excluding hydrogens is 304 g/mol. The van der Waals surface area contributed by atoms with Gasteiger partial charge in [0, 0.05) is 31.0 Å². The third-order valence-electron chi connectivity index (χ3n) is 3.80. The lowest BCUT2D eigenvalue weighted by Crippen LogP contribution is -2.27. The number of nitriles is 1. The summed E-state index contributed by atoms with van der Waals surface area (Å²) in [4.78, 5) is 16.5. The maximum atomic E-state index is 12.5. The molecule has 0 aliphatic heterocycles. The second-order valence-corrected chi connectivity index (χ2v) is 5.30. The molecular formula is C17H12N6O. The first-order chi connectivity index (χ1) is 11.8. The lowest BCUT2D eigenvalue weighted by atomic mass is 10.2. The molecule has 116 valence electrons. The molecule has 0 fully saturated rings. The number of fused-ring (bicyclic) bond motifs is 1. The summed E-state index contributed by atoms with van der Waals surface area (Å²) in [6, 6.07) is 11.7. The number of hydrogen-bond donors (Lipinski definition) is 0. The van der Waals surface area contributed by atoms with Crippen LogP contribution in [0.1, 0.15) is 11.1 Å². The zero-order chi connectivity index (χ0) is 16.5. The van der Waals surface area contributed by atoms with Crippen molar-refractivity contribution >= 4 is 5.65 Å². The first kappa shape index (κ1) is 14.0. The monoisotopic (exact) mass is 316 g/mol. The number of imidazole rings is 1. The molecule has 7 heteroatoms. The standard InChI is InChI=1S/C17H12N6O/c18-10-14-12-21(17(24)22-9-7-19-16(14)22)11-13-2-4-15(5-3-13)23-8-1-6-20-23/h1-9,12H,11H2. The molecule has 24 heavy (non-hydrogen) atoms. The van der Waals surface area contributed by atoms with Gasteiger partial charge in [-0.05, 0) is 23.8 Å². The second kappa shape index (κ2) is 5.52. The highest BCUT2D eigenvalue weighted by Gasteiger charge is 2.09. The predicted molar refractivity (Wildman–Crippen MR) is 86.8 cm³/mol. The Morgan fingerprint density at radius 2 is 1.96 bits per heavy atom. The lowest BCUT2D eigenvalue weighted by Gasteiger charge is -2.08. The van der Waals surface area contributed by atoms with Gasteiger partial charge in [-0.1, -0.05) is 12.1 Å². The Balaban J connectivity index is 1.71. The summed E-state index contributed by atoms with van der Waals surface area (Å²) in [5.41, 5.74) is 2.42. The Hall–Kier alpha value is -3.66. The van der Waals surface area contributed by atoms with Gasteiger partial charge in [0.15, 0.2) is 5.65 Å². The minimum atomic E-state index is -0.224. The zero-order valence-corrected chi connectivity index (χ0v) is 12.6. The third kappa shape index (κ3) is 2.27. The van der Waals surface area contributed by atoms with E-state index in [9.17, 15) is 10.1 Å². The highest BCUT2D eigenvalue weighted by atomic mass is 16.1. The number of nitrogens with zero attached hydrogens (tertiary/aromatic N) is 6. The predicted octanol–water partition coefficient (Wildman–Crippen LogP) is 1.60. The van der Waals surface area contributed by atoms with Crippen molar-refractivity contribution in [3.05, 3.63) is 82.9 Å².